The van der Waals surface area contributed by atoms with Crippen molar-refractivity contribution in [3.8, 4) is 5.75 Å². The van der Waals surface area contributed by atoms with Crippen LogP contribution in [0.1, 0.15) is 52.6 Å². The van der Waals surface area contributed by atoms with Crippen LogP contribution in [0.25, 0.3) is 0 Å². The zero-order chi connectivity index (χ0) is 17.9. The summed E-state index contributed by atoms with van der Waals surface area (Å²) in [5.41, 5.74) is 3.79. The van der Waals surface area contributed by atoms with Crippen LogP contribution in [0.4, 0.5) is 5.69 Å². The quantitative estimate of drug-likeness (QED) is 0.821. The number of aryl methyl sites for hydroxylation is 2. The maximum Gasteiger partial charge on any atom is 0.255 e. The zero-order valence-electron chi connectivity index (χ0n) is 14.8. The molecule has 0 saturated carbocycles. The largest absolute Gasteiger partial charge is 0.489 e. The van der Waals surface area contributed by atoms with Crippen LogP contribution in [-0.4, -0.2) is 17.8 Å². The molecule has 0 aliphatic rings. The molecule has 2 aromatic carbocycles. The first-order chi connectivity index (χ1) is 11.3. The van der Waals surface area contributed by atoms with Gasteiger partial charge in [0.2, 0.25) is 0 Å². The number of nitrogens with one attached hydrogen (secondary N) is 1. The van der Waals surface area contributed by atoms with E-state index in [2.05, 4.69) is 5.32 Å². The van der Waals surface area contributed by atoms with Gasteiger partial charge in [0, 0.05) is 11.1 Å². The summed E-state index contributed by atoms with van der Waals surface area (Å²) >= 11 is 0. The highest BCUT2D eigenvalue weighted by atomic mass is 16.5. The van der Waals surface area contributed by atoms with Gasteiger partial charge in [0.25, 0.3) is 5.91 Å². The first-order valence-corrected chi connectivity index (χ1v) is 7.98. The fraction of sp³-hybridized carbons (Fsp3) is 0.300. The van der Waals surface area contributed by atoms with Gasteiger partial charge in [-0.2, -0.15) is 0 Å². The number of ketones is 1. The van der Waals surface area contributed by atoms with Gasteiger partial charge >= 0.3 is 0 Å². The van der Waals surface area contributed by atoms with E-state index in [1.165, 1.54) is 6.92 Å². The first-order valence-electron chi connectivity index (χ1n) is 7.98. The van der Waals surface area contributed by atoms with E-state index < -0.39 is 0 Å². The number of rotatable bonds is 5. The van der Waals surface area contributed by atoms with Crippen molar-refractivity contribution in [2.75, 3.05) is 5.32 Å². The molecule has 0 heterocycles. The molecule has 0 spiro atoms. The van der Waals surface area contributed by atoms with Crippen molar-refractivity contribution in [2.45, 2.75) is 40.7 Å². The summed E-state index contributed by atoms with van der Waals surface area (Å²) in [5.74, 6) is 0.257. The molecule has 0 radical (unpaired) electrons. The third kappa shape index (κ3) is 4.22. The highest BCUT2D eigenvalue weighted by Crippen LogP contribution is 2.28. The van der Waals surface area contributed by atoms with Crippen LogP contribution >= 0.6 is 0 Å². The Kier molecular flexibility index (Phi) is 5.39. The third-order valence-electron chi connectivity index (χ3n) is 3.77. The molecule has 0 saturated heterocycles. The number of carbonyl (C=O) groups excluding carboxylic acids is 2. The molecule has 0 unspecified atom stereocenters. The maximum absolute atomic E-state index is 12.5. The predicted octanol–water partition coefficient (Wildman–Crippen LogP) is 4.55. The third-order valence-corrected chi connectivity index (χ3v) is 3.77. The lowest BCUT2D eigenvalue weighted by atomic mass is 10.1. The maximum atomic E-state index is 12.5. The number of benzene rings is 2. The summed E-state index contributed by atoms with van der Waals surface area (Å²) < 4.78 is 5.73. The summed E-state index contributed by atoms with van der Waals surface area (Å²) in [4.78, 5) is 24.2. The summed E-state index contributed by atoms with van der Waals surface area (Å²) in [5, 5.41) is 2.86. The summed E-state index contributed by atoms with van der Waals surface area (Å²) in [7, 11) is 0. The van der Waals surface area contributed by atoms with Crippen molar-refractivity contribution in [2.24, 2.45) is 0 Å². The molecule has 0 aliphatic carbocycles. The number of hydrogen-bond acceptors (Lipinski definition) is 3. The molecule has 24 heavy (non-hydrogen) atoms. The van der Waals surface area contributed by atoms with Gasteiger partial charge in [-0.25, -0.2) is 0 Å². The SMILES string of the molecule is CC(=O)c1ccc(OC(C)C)c(NC(=O)c2ccc(C)c(C)c2)c1. The van der Waals surface area contributed by atoms with Crippen LogP contribution in [0.2, 0.25) is 0 Å². The molecule has 126 valence electrons. The second kappa shape index (κ2) is 7.30. The molecule has 4 nitrogen and oxygen atoms in total. The minimum atomic E-state index is -0.229. The van der Waals surface area contributed by atoms with E-state index >= 15 is 0 Å². The number of Topliss-reactive ketones (excluding diaryl/α,β-unsaturated/α-hetero) is 1. The first kappa shape index (κ1) is 17.7. The van der Waals surface area contributed by atoms with Gasteiger partial charge in [-0.3, -0.25) is 9.59 Å². The monoisotopic (exact) mass is 325 g/mol. The molecule has 0 aromatic heterocycles. The molecular formula is C20H23NO3. The topological polar surface area (TPSA) is 55.4 Å². The van der Waals surface area contributed by atoms with Gasteiger partial charge in [0.15, 0.2) is 5.78 Å². The smallest absolute Gasteiger partial charge is 0.255 e. The van der Waals surface area contributed by atoms with Gasteiger partial charge in [0.1, 0.15) is 5.75 Å². The normalized spacial score (nSPS) is 10.6. The Morgan fingerprint density at radius 1 is 0.958 bits per heavy atom. The summed E-state index contributed by atoms with van der Waals surface area (Å²) in [6.45, 7) is 9.28. The average Bonchev–Trinajstić information content (AvgIpc) is 2.50. The Morgan fingerprint density at radius 3 is 2.21 bits per heavy atom. The van der Waals surface area contributed by atoms with Crippen molar-refractivity contribution in [1.29, 1.82) is 0 Å². The number of amides is 1. The lowest BCUT2D eigenvalue weighted by molar-refractivity contribution is 0.101. The van der Waals surface area contributed by atoms with Gasteiger partial charge in [-0.1, -0.05) is 6.07 Å². The van der Waals surface area contributed by atoms with E-state index in [0.29, 0.717) is 22.6 Å². The van der Waals surface area contributed by atoms with Crippen molar-refractivity contribution < 1.29 is 14.3 Å². The van der Waals surface area contributed by atoms with Crippen LogP contribution < -0.4 is 10.1 Å². The molecule has 0 fully saturated rings. The highest BCUT2D eigenvalue weighted by molar-refractivity contribution is 6.06. The van der Waals surface area contributed by atoms with Crippen molar-refractivity contribution in [3.05, 3.63) is 58.7 Å². The molecular weight excluding hydrogens is 302 g/mol. The van der Waals surface area contributed by atoms with Crippen LogP contribution in [0.5, 0.6) is 5.75 Å². The van der Waals surface area contributed by atoms with Crippen LogP contribution in [0, 0.1) is 13.8 Å². The molecule has 2 aromatic rings. The number of ether oxygens (including phenoxy) is 1. The molecule has 0 bridgehead atoms. The molecule has 2 rings (SSSR count). The minimum absolute atomic E-state index is 0.0366. The summed E-state index contributed by atoms with van der Waals surface area (Å²) in [6, 6.07) is 10.6. The standard InChI is InChI=1S/C20H23NO3/c1-12(2)24-19-9-8-16(15(5)22)11-18(19)21-20(23)17-7-6-13(3)14(4)10-17/h6-12H,1-5H3,(H,21,23). The van der Waals surface area contributed by atoms with E-state index in [9.17, 15) is 9.59 Å². The Hall–Kier alpha value is -2.62. The Bertz CT molecular complexity index is 778. The van der Waals surface area contributed by atoms with E-state index in [4.69, 9.17) is 4.74 Å². The van der Waals surface area contributed by atoms with Crippen LogP contribution in [-0.2, 0) is 0 Å². The lowest BCUT2D eigenvalue weighted by Gasteiger charge is -2.16. The van der Waals surface area contributed by atoms with E-state index in [0.717, 1.165) is 11.1 Å². The van der Waals surface area contributed by atoms with E-state index in [1.807, 2.05) is 39.8 Å². The average molecular weight is 325 g/mol. The highest BCUT2D eigenvalue weighted by Gasteiger charge is 2.14. The zero-order valence-corrected chi connectivity index (χ0v) is 14.8. The number of carbonyl (C=O) groups is 2. The molecule has 4 heteroatoms. The fourth-order valence-electron chi connectivity index (χ4n) is 2.28. The van der Waals surface area contributed by atoms with Crippen LogP contribution in [0.3, 0.4) is 0 Å². The Morgan fingerprint density at radius 2 is 1.62 bits per heavy atom. The second-order valence-electron chi connectivity index (χ2n) is 6.19. The molecule has 0 atom stereocenters. The molecule has 0 aliphatic heterocycles. The van der Waals surface area contributed by atoms with Gasteiger partial charge in [-0.15, -0.1) is 0 Å². The number of hydrogen-bond donors (Lipinski definition) is 1. The Labute approximate surface area is 142 Å². The molecule has 1 N–H and O–H groups in total. The lowest BCUT2D eigenvalue weighted by Crippen LogP contribution is -2.15. The van der Waals surface area contributed by atoms with Crippen molar-refractivity contribution in [3.63, 3.8) is 0 Å². The Balaban J connectivity index is 2.34. The number of anilines is 1. The summed E-state index contributed by atoms with van der Waals surface area (Å²) in [6.07, 6.45) is -0.0366. The van der Waals surface area contributed by atoms with Crippen molar-refractivity contribution in [1.82, 2.24) is 0 Å². The molecule has 1 amide bonds. The van der Waals surface area contributed by atoms with Gasteiger partial charge in [0.05, 0.1) is 11.8 Å². The van der Waals surface area contributed by atoms with Crippen LogP contribution in [0.15, 0.2) is 36.4 Å². The minimum Gasteiger partial charge on any atom is -0.489 e. The predicted molar refractivity (Wildman–Crippen MR) is 96.1 cm³/mol. The fourth-order valence-corrected chi connectivity index (χ4v) is 2.28. The van der Waals surface area contributed by atoms with Gasteiger partial charge < -0.3 is 10.1 Å². The second-order valence-corrected chi connectivity index (χ2v) is 6.19. The van der Waals surface area contributed by atoms with Gasteiger partial charge in [-0.05, 0) is 76.1 Å². The van der Waals surface area contributed by atoms with E-state index in [1.54, 1.807) is 24.3 Å². The van der Waals surface area contributed by atoms with Crippen molar-refractivity contribution >= 4 is 17.4 Å². The van der Waals surface area contributed by atoms with E-state index in [-0.39, 0.29) is 17.8 Å².